The Kier molecular flexibility index (Phi) is 3.22. The summed E-state index contributed by atoms with van der Waals surface area (Å²) < 4.78 is 17.4. The van der Waals surface area contributed by atoms with E-state index in [4.69, 9.17) is 15.5 Å². The predicted molar refractivity (Wildman–Crippen MR) is 63.7 cm³/mol. The van der Waals surface area contributed by atoms with Gasteiger partial charge in [0.25, 0.3) is 0 Å². The van der Waals surface area contributed by atoms with Crippen LogP contribution in [0.2, 0.25) is 0 Å². The maximum absolute atomic E-state index is 10.8. The fourth-order valence-electron chi connectivity index (χ4n) is 1.74. The molecule has 0 fully saturated rings. The van der Waals surface area contributed by atoms with Crippen molar-refractivity contribution in [2.45, 2.75) is 6.54 Å². The maximum Gasteiger partial charge on any atom is 0.524 e. The van der Waals surface area contributed by atoms with Crippen LogP contribution in [-0.4, -0.2) is 20.9 Å². The predicted octanol–water partition coefficient (Wildman–Crippen LogP) is 1.07. The lowest BCUT2D eigenvalue weighted by Crippen LogP contribution is -2.08. The maximum atomic E-state index is 10.8. The third-order valence-corrected chi connectivity index (χ3v) is 2.80. The average molecular weight is 256 g/mol. The van der Waals surface area contributed by atoms with Crippen LogP contribution in [0.25, 0.3) is 10.9 Å². The number of fused-ring (bicyclic) bond motifs is 1. The topological polar surface area (TPSA) is 97.7 Å². The summed E-state index contributed by atoms with van der Waals surface area (Å²) in [6.45, 7) is 1.14. The van der Waals surface area contributed by atoms with Crippen molar-refractivity contribution >= 4 is 18.7 Å². The molecule has 0 aliphatic heterocycles. The van der Waals surface area contributed by atoms with E-state index in [2.05, 4.69) is 4.52 Å². The number of phosphoric ester groups is 1. The van der Waals surface area contributed by atoms with Crippen LogP contribution < -0.4 is 10.3 Å². The highest BCUT2D eigenvalue weighted by Gasteiger charge is 2.18. The van der Waals surface area contributed by atoms with Crippen molar-refractivity contribution in [2.75, 3.05) is 6.54 Å². The Balaban J connectivity index is 2.48. The highest BCUT2D eigenvalue weighted by Crippen LogP contribution is 2.40. The van der Waals surface area contributed by atoms with Gasteiger partial charge in [0.2, 0.25) is 0 Å². The molecule has 0 radical (unpaired) electrons. The zero-order chi connectivity index (χ0) is 12.5. The van der Waals surface area contributed by atoms with E-state index in [1.165, 1.54) is 6.07 Å². The Hall–Kier alpha value is -1.33. The van der Waals surface area contributed by atoms with Crippen molar-refractivity contribution in [1.82, 2.24) is 4.57 Å². The lowest BCUT2D eigenvalue weighted by atomic mass is 10.2. The molecule has 1 aromatic heterocycles. The van der Waals surface area contributed by atoms with Crippen molar-refractivity contribution in [3.63, 3.8) is 0 Å². The van der Waals surface area contributed by atoms with Gasteiger partial charge in [-0.1, -0.05) is 6.07 Å². The minimum atomic E-state index is -4.53. The van der Waals surface area contributed by atoms with Gasteiger partial charge < -0.3 is 14.8 Å². The highest BCUT2D eigenvalue weighted by molar-refractivity contribution is 7.46. The zero-order valence-electron chi connectivity index (χ0n) is 8.98. The molecule has 4 N–H and O–H groups in total. The van der Waals surface area contributed by atoms with Crippen molar-refractivity contribution in [2.24, 2.45) is 5.73 Å². The lowest BCUT2D eigenvalue weighted by molar-refractivity contribution is 0.284. The standard InChI is InChI=1S/C10H13N2O4P/c11-5-7-12-6-4-8-9(12)2-1-3-10(8)16-17(13,14)15/h1-4,6H,5,7,11H2,(H2,13,14,15). The van der Waals surface area contributed by atoms with E-state index in [0.29, 0.717) is 18.5 Å². The Bertz CT molecular complexity index is 575. The van der Waals surface area contributed by atoms with Crippen LogP contribution in [0, 0.1) is 0 Å². The first-order valence-electron chi connectivity index (χ1n) is 5.04. The second-order valence-electron chi connectivity index (χ2n) is 3.57. The number of benzene rings is 1. The van der Waals surface area contributed by atoms with Crippen LogP contribution in [0.4, 0.5) is 0 Å². The first-order chi connectivity index (χ1) is 8.01. The molecule has 92 valence electrons. The minimum Gasteiger partial charge on any atom is -0.404 e. The van der Waals surface area contributed by atoms with E-state index in [9.17, 15) is 4.57 Å². The molecule has 0 saturated heterocycles. The van der Waals surface area contributed by atoms with Gasteiger partial charge in [-0.25, -0.2) is 4.57 Å². The smallest absolute Gasteiger partial charge is 0.404 e. The fourth-order valence-corrected chi connectivity index (χ4v) is 2.15. The number of nitrogens with two attached hydrogens (primary N) is 1. The second kappa shape index (κ2) is 4.50. The first kappa shape index (κ1) is 12.1. The number of hydrogen-bond acceptors (Lipinski definition) is 3. The van der Waals surface area contributed by atoms with Crippen LogP contribution in [0.3, 0.4) is 0 Å². The van der Waals surface area contributed by atoms with Crippen molar-refractivity contribution in [1.29, 1.82) is 0 Å². The third-order valence-electron chi connectivity index (χ3n) is 2.36. The first-order valence-corrected chi connectivity index (χ1v) is 6.57. The molecule has 0 atom stereocenters. The summed E-state index contributed by atoms with van der Waals surface area (Å²) in [6.07, 6.45) is 1.81. The van der Waals surface area contributed by atoms with Crippen molar-refractivity contribution < 1.29 is 18.9 Å². The normalized spacial score (nSPS) is 11.9. The summed E-state index contributed by atoms with van der Waals surface area (Å²) in [4.78, 5) is 17.6. The van der Waals surface area contributed by atoms with E-state index in [1.54, 1.807) is 12.1 Å². The molecule has 0 aliphatic carbocycles. The molecule has 0 bridgehead atoms. The van der Waals surface area contributed by atoms with Crippen molar-refractivity contribution in [3.05, 3.63) is 30.5 Å². The quantitative estimate of drug-likeness (QED) is 0.711. The highest BCUT2D eigenvalue weighted by atomic mass is 31.2. The number of nitrogens with zero attached hydrogens (tertiary/aromatic N) is 1. The molecule has 0 amide bonds. The van der Waals surface area contributed by atoms with Crippen molar-refractivity contribution in [3.8, 4) is 5.75 Å². The Morgan fingerprint density at radius 3 is 2.76 bits per heavy atom. The summed E-state index contributed by atoms with van der Waals surface area (Å²) in [5.41, 5.74) is 6.31. The Labute approximate surface area is 97.9 Å². The lowest BCUT2D eigenvalue weighted by Gasteiger charge is -2.08. The van der Waals surface area contributed by atoms with Crippen LogP contribution in [0.1, 0.15) is 0 Å². The molecule has 1 heterocycles. The summed E-state index contributed by atoms with van der Waals surface area (Å²) in [5, 5.41) is 0.657. The molecule has 0 unspecified atom stereocenters. The van der Waals surface area contributed by atoms with Gasteiger partial charge in [0, 0.05) is 24.7 Å². The van der Waals surface area contributed by atoms with E-state index < -0.39 is 7.82 Å². The summed E-state index contributed by atoms with van der Waals surface area (Å²) >= 11 is 0. The van der Waals surface area contributed by atoms with Gasteiger partial charge in [-0.3, -0.25) is 9.79 Å². The molecule has 7 heteroatoms. The van der Waals surface area contributed by atoms with Crippen LogP contribution in [0.15, 0.2) is 30.5 Å². The third kappa shape index (κ3) is 2.68. The van der Waals surface area contributed by atoms with E-state index in [-0.39, 0.29) is 5.75 Å². The Morgan fingerprint density at radius 2 is 2.12 bits per heavy atom. The van der Waals surface area contributed by atoms with E-state index in [0.717, 1.165) is 5.52 Å². The number of hydrogen-bond donors (Lipinski definition) is 3. The van der Waals surface area contributed by atoms with E-state index >= 15 is 0 Å². The van der Waals surface area contributed by atoms with Crippen LogP contribution in [0.5, 0.6) is 5.75 Å². The van der Waals surface area contributed by atoms with Gasteiger partial charge in [-0.05, 0) is 18.2 Å². The molecular formula is C10H13N2O4P. The largest absolute Gasteiger partial charge is 0.524 e. The van der Waals surface area contributed by atoms with Gasteiger partial charge in [0.05, 0.1) is 5.52 Å². The second-order valence-corrected chi connectivity index (χ2v) is 4.73. The molecule has 1 aromatic carbocycles. The number of rotatable bonds is 4. The molecule has 2 rings (SSSR count). The Morgan fingerprint density at radius 1 is 1.35 bits per heavy atom. The molecule has 0 aliphatic rings. The summed E-state index contributed by atoms with van der Waals surface area (Å²) in [5.74, 6) is 0.173. The SMILES string of the molecule is NCCn1ccc2c(OP(=O)(O)O)cccc21. The van der Waals surface area contributed by atoms with Gasteiger partial charge in [-0.15, -0.1) is 0 Å². The molecule has 17 heavy (non-hydrogen) atoms. The monoisotopic (exact) mass is 256 g/mol. The summed E-state index contributed by atoms with van der Waals surface area (Å²) in [6, 6.07) is 6.79. The van der Waals surface area contributed by atoms with Gasteiger partial charge >= 0.3 is 7.82 Å². The molecular weight excluding hydrogens is 243 g/mol. The molecule has 2 aromatic rings. The van der Waals surface area contributed by atoms with Crippen LogP contribution >= 0.6 is 7.82 Å². The molecule has 6 nitrogen and oxygen atoms in total. The number of aromatic nitrogens is 1. The van der Waals surface area contributed by atoms with Crippen LogP contribution in [-0.2, 0) is 11.1 Å². The zero-order valence-corrected chi connectivity index (χ0v) is 9.88. The summed E-state index contributed by atoms with van der Waals surface area (Å²) in [7, 11) is -4.53. The van der Waals surface area contributed by atoms with E-state index in [1.807, 2.05) is 16.8 Å². The molecule has 0 spiro atoms. The van der Waals surface area contributed by atoms with Gasteiger partial charge in [-0.2, -0.15) is 0 Å². The fraction of sp³-hybridized carbons (Fsp3) is 0.200. The molecule has 0 saturated carbocycles. The van der Waals surface area contributed by atoms with Gasteiger partial charge in [0.1, 0.15) is 5.75 Å². The minimum absolute atomic E-state index is 0.173. The average Bonchev–Trinajstić information content (AvgIpc) is 2.61. The van der Waals surface area contributed by atoms with Gasteiger partial charge in [0.15, 0.2) is 0 Å². The number of phosphoric acid groups is 1.